The van der Waals surface area contributed by atoms with E-state index < -0.39 is 17.6 Å². The van der Waals surface area contributed by atoms with Crippen LogP contribution in [0.5, 0.6) is 0 Å². The number of halogens is 1. The van der Waals surface area contributed by atoms with Crippen molar-refractivity contribution in [3.63, 3.8) is 0 Å². The molecule has 1 aromatic rings. The van der Waals surface area contributed by atoms with Gasteiger partial charge in [0.15, 0.2) is 5.78 Å². The summed E-state index contributed by atoms with van der Waals surface area (Å²) < 4.78 is 13.6. The van der Waals surface area contributed by atoms with Crippen molar-refractivity contribution in [3.05, 3.63) is 29.6 Å². The zero-order valence-corrected chi connectivity index (χ0v) is 9.70. The lowest BCUT2D eigenvalue weighted by molar-refractivity contribution is -0.137. The van der Waals surface area contributed by atoms with E-state index in [2.05, 4.69) is 5.32 Å². The molecule has 0 bridgehead atoms. The second-order valence-corrected chi connectivity index (χ2v) is 3.69. The molecule has 0 saturated heterocycles. The molecule has 0 saturated carbocycles. The molecule has 96 valence electrons. The maximum Gasteiger partial charge on any atom is 0.303 e. The molecule has 0 fully saturated rings. The van der Waals surface area contributed by atoms with Gasteiger partial charge in [0.1, 0.15) is 5.82 Å². The van der Waals surface area contributed by atoms with E-state index in [1.165, 1.54) is 19.1 Å². The SMILES string of the molecule is CC(=O)Nc1ccc(C(=O)CCC(=O)O)c(F)c1. The Balaban J connectivity index is 2.81. The predicted octanol–water partition coefficient (Wildman–Crippen LogP) is 1.83. The zero-order valence-electron chi connectivity index (χ0n) is 9.70. The highest BCUT2D eigenvalue weighted by molar-refractivity contribution is 5.98. The number of ketones is 1. The number of hydrogen-bond donors (Lipinski definition) is 2. The molecular formula is C12H12FNO4. The third-order valence-electron chi connectivity index (χ3n) is 2.16. The molecular weight excluding hydrogens is 241 g/mol. The second kappa shape index (κ2) is 5.90. The molecule has 0 atom stereocenters. The van der Waals surface area contributed by atoms with Crippen molar-refractivity contribution in [2.45, 2.75) is 19.8 Å². The van der Waals surface area contributed by atoms with Crippen molar-refractivity contribution in [2.24, 2.45) is 0 Å². The maximum atomic E-state index is 13.6. The fraction of sp³-hybridized carbons (Fsp3) is 0.250. The van der Waals surface area contributed by atoms with E-state index in [9.17, 15) is 18.8 Å². The highest BCUT2D eigenvalue weighted by atomic mass is 19.1. The van der Waals surface area contributed by atoms with Gasteiger partial charge in [-0.2, -0.15) is 0 Å². The average molecular weight is 253 g/mol. The number of Topliss-reactive ketones (excluding diaryl/α,β-unsaturated/α-hetero) is 1. The summed E-state index contributed by atoms with van der Waals surface area (Å²) in [5, 5.41) is 10.8. The summed E-state index contributed by atoms with van der Waals surface area (Å²) in [4.78, 5) is 32.6. The van der Waals surface area contributed by atoms with Gasteiger partial charge in [-0.1, -0.05) is 0 Å². The topological polar surface area (TPSA) is 83.5 Å². The van der Waals surface area contributed by atoms with Gasteiger partial charge in [-0.15, -0.1) is 0 Å². The summed E-state index contributed by atoms with van der Waals surface area (Å²) >= 11 is 0. The number of amides is 1. The van der Waals surface area contributed by atoms with Crippen LogP contribution in [-0.4, -0.2) is 22.8 Å². The molecule has 1 amide bonds. The minimum atomic E-state index is -1.11. The third-order valence-corrected chi connectivity index (χ3v) is 2.16. The van der Waals surface area contributed by atoms with E-state index in [1.807, 2.05) is 0 Å². The molecule has 0 heterocycles. The first-order valence-electron chi connectivity index (χ1n) is 5.22. The van der Waals surface area contributed by atoms with Crippen LogP contribution in [-0.2, 0) is 9.59 Å². The van der Waals surface area contributed by atoms with Crippen LogP contribution in [0.4, 0.5) is 10.1 Å². The Morgan fingerprint density at radius 2 is 1.94 bits per heavy atom. The molecule has 0 spiro atoms. The number of carboxylic acids is 1. The number of carbonyl (C=O) groups excluding carboxylic acids is 2. The molecule has 1 rings (SSSR count). The number of hydrogen-bond acceptors (Lipinski definition) is 3. The van der Waals surface area contributed by atoms with Gasteiger partial charge < -0.3 is 10.4 Å². The molecule has 0 radical (unpaired) electrons. The first-order chi connectivity index (χ1) is 8.40. The Morgan fingerprint density at radius 1 is 1.28 bits per heavy atom. The molecule has 0 aliphatic carbocycles. The van der Waals surface area contributed by atoms with Gasteiger partial charge in [0.2, 0.25) is 5.91 Å². The van der Waals surface area contributed by atoms with Gasteiger partial charge in [-0.3, -0.25) is 14.4 Å². The van der Waals surface area contributed by atoms with Crippen LogP contribution in [0.15, 0.2) is 18.2 Å². The van der Waals surface area contributed by atoms with Crippen LogP contribution in [0.2, 0.25) is 0 Å². The van der Waals surface area contributed by atoms with Crippen LogP contribution in [0, 0.1) is 5.82 Å². The fourth-order valence-electron chi connectivity index (χ4n) is 1.38. The fourth-order valence-corrected chi connectivity index (χ4v) is 1.38. The lowest BCUT2D eigenvalue weighted by atomic mass is 10.1. The van der Waals surface area contributed by atoms with Crippen LogP contribution < -0.4 is 5.32 Å². The Labute approximate surface area is 103 Å². The zero-order chi connectivity index (χ0) is 13.7. The Hall–Kier alpha value is -2.24. The van der Waals surface area contributed by atoms with Crippen LogP contribution in [0.25, 0.3) is 0 Å². The number of nitrogens with one attached hydrogen (secondary N) is 1. The van der Waals surface area contributed by atoms with Gasteiger partial charge in [0.25, 0.3) is 0 Å². The normalized spacial score (nSPS) is 9.89. The third kappa shape index (κ3) is 3.97. The van der Waals surface area contributed by atoms with E-state index in [1.54, 1.807) is 0 Å². The summed E-state index contributed by atoms with van der Waals surface area (Å²) in [5.41, 5.74) is 0.0696. The monoisotopic (exact) mass is 253 g/mol. The summed E-state index contributed by atoms with van der Waals surface area (Å²) in [6, 6.07) is 3.64. The molecule has 1 aromatic carbocycles. The van der Waals surface area contributed by atoms with Crippen LogP contribution in [0.3, 0.4) is 0 Å². The molecule has 2 N–H and O–H groups in total. The molecule has 0 aliphatic rings. The second-order valence-electron chi connectivity index (χ2n) is 3.69. The van der Waals surface area contributed by atoms with Crippen molar-refractivity contribution in [1.29, 1.82) is 0 Å². The van der Waals surface area contributed by atoms with E-state index >= 15 is 0 Å². The lowest BCUT2D eigenvalue weighted by Crippen LogP contribution is -2.09. The minimum Gasteiger partial charge on any atom is -0.481 e. The number of rotatable bonds is 5. The predicted molar refractivity (Wildman–Crippen MR) is 61.9 cm³/mol. The number of anilines is 1. The Morgan fingerprint density at radius 3 is 2.44 bits per heavy atom. The Kier molecular flexibility index (Phi) is 4.53. The standard InChI is InChI=1S/C12H12FNO4/c1-7(15)14-8-2-3-9(10(13)6-8)11(16)4-5-12(17)18/h2-3,6H,4-5H2,1H3,(H,14,15)(H,17,18). The molecule has 0 aromatic heterocycles. The van der Waals surface area contributed by atoms with Gasteiger partial charge in [-0.25, -0.2) is 4.39 Å². The van der Waals surface area contributed by atoms with E-state index in [0.717, 1.165) is 6.07 Å². The average Bonchev–Trinajstić information content (AvgIpc) is 2.25. The summed E-state index contributed by atoms with van der Waals surface area (Å²) in [5.74, 6) is -2.82. The van der Waals surface area contributed by atoms with Crippen LogP contribution in [0.1, 0.15) is 30.1 Å². The first kappa shape index (κ1) is 13.8. The van der Waals surface area contributed by atoms with Crippen molar-refractivity contribution >= 4 is 23.3 Å². The highest BCUT2D eigenvalue weighted by Gasteiger charge is 2.13. The van der Waals surface area contributed by atoms with Gasteiger partial charge in [-0.05, 0) is 18.2 Å². The summed E-state index contributed by atoms with van der Waals surface area (Å²) in [7, 11) is 0. The molecule has 0 aliphatic heterocycles. The number of carbonyl (C=O) groups is 3. The van der Waals surface area contributed by atoms with E-state index in [0.29, 0.717) is 0 Å². The van der Waals surface area contributed by atoms with E-state index in [-0.39, 0.29) is 30.0 Å². The van der Waals surface area contributed by atoms with Crippen molar-refractivity contribution in [3.8, 4) is 0 Å². The molecule has 6 heteroatoms. The minimum absolute atomic E-state index is 0.176. The quantitative estimate of drug-likeness (QED) is 0.784. The molecule has 5 nitrogen and oxygen atoms in total. The number of carboxylic acid groups (broad SMARTS) is 1. The maximum absolute atomic E-state index is 13.6. The van der Waals surface area contributed by atoms with Gasteiger partial charge in [0, 0.05) is 19.0 Å². The first-order valence-corrected chi connectivity index (χ1v) is 5.22. The smallest absolute Gasteiger partial charge is 0.303 e. The largest absolute Gasteiger partial charge is 0.481 e. The molecule has 0 unspecified atom stereocenters. The Bertz CT molecular complexity index is 499. The van der Waals surface area contributed by atoms with Gasteiger partial charge in [0.05, 0.1) is 12.0 Å². The lowest BCUT2D eigenvalue weighted by Gasteiger charge is -2.05. The van der Waals surface area contributed by atoms with Crippen LogP contribution >= 0.6 is 0 Å². The molecule has 18 heavy (non-hydrogen) atoms. The summed E-state index contributed by atoms with van der Waals surface area (Å²) in [6.45, 7) is 1.28. The van der Waals surface area contributed by atoms with Crippen molar-refractivity contribution in [1.82, 2.24) is 0 Å². The number of aliphatic carboxylic acids is 1. The van der Waals surface area contributed by atoms with Crippen molar-refractivity contribution < 1.29 is 23.9 Å². The summed E-state index contributed by atoms with van der Waals surface area (Å²) in [6.07, 6.45) is -0.600. The van der Waals surface area contributed by atoms with Gasteiger partial charge >= 0.3 is 5.97 Å². The number of benzene rings is 1. The van der Waals surface area contributed by atoms with E-state index in [4.69, 9.17) is 5.11 Å². The van der Waals surface area contributed by atoms with Crippen molar-refractivity contribution in [2.75, 3.05) is 5.32 Å². The highest BCUT2D eigenvalue weighted by Crippen LogP contribution is 2.16.